The Morgan fingerprint density at radius 3 is 2.79 bits per heavy atom. The third-order valence-electron chi connectivity index (χ3n) is 3.28. The van der Waals surface area contributed by atoms with Gasteiger partial charge in [0.05, 0.1) is 9.77 Å². The molecule has 0 unspecified atom stereocenters. The van der Waals surface area contributed by atoms with Crippen LogP contribution in [0.2, 0.25) is 0 Å². The molecule has 0 fully saturated rings. The number of hydrogen-bond acceptors (Lipinski definition) is 6. The van der Waals surface area contributed by atoms with Gasteiger partial charge in [-0.15, -0.1) is 11.3 Å². The highest BCUT2D eigenvalue weighted by Crippen LogP contribution is 2.32. The van der Waals surface area contributed by atoms with Crippen molar-refractivity contribution in [2.24, 2.45) is 0 Å². The Labute approximate surface area is 142 Å². The van der Waals surface area contributed by atoms with E-state index in [1.165, 1.54) is 17.4 Å². The maximum Gasteiger partial charge on any atom is 0.264 e. The number of aryl methyl sites for hydroxylation is 1. The standard InChI is InChI=1S/C15H14N4O3S2/c1-10-14(7-13(23-10)12-4-5-15(20)19-18-12)24(21,22)17-9-11-3-2-6-16-8-11/h2-8,17H,9H2,1H3,(H,19,20). The van der Waals surface area contributed by atoms with Crippen molar-refractivity contribution in [3.8, 4) is 10.6 Å². The molecule has 24 heavy (non-hydrogen) atoms. The van der Waals surface area contributed by atoms with E-state index in [-0.39, 0.29) is 17.0 Å². The fourth-order valence-electron chi connectivity index (χ4n) is 2.10. The number of aromatic nitrogens is 3. The van der Waals surface area contributed by atoms with Gasteiger partial charge in [-0.2, -0.15) is 5.10 Å². The quantitative estimate of drug-likeness (QED) is 0.718. The Kier molecular flexibility index (Phi) is 4.56. The minimum Gasteiger partial charge on any atom is -0.268 e. The first-order valence-corrected chi connectivity index (χ1v) is 9.31. The van der Waals surface area contributed by atoms with Crippen LogP contribution in [0.5, 0.6) is 0 Å². The van der Waals surface area contributed by atoms with E-state index in [1.54, 1.807) is 43.6 Å². The fourth-order valence-corrected chi connectivity index (χ4v) is 4.68. The van der Waals surface area contributed by atoms with Crippen LogP contribution in [0.15, 0.2) is 52.4 Å². The molecular weight excluding hydrogens is 348 g/mol. The van der Waals surface area contributed by atoms with Crippen molar-refractivity contribution in [2.75, 3.05) is 0 Å². The molecule has 0 aliphatic heterocycles. The summed E-state index contributed by atoms with van der Waals surface area (Å²) in [4.78, 5) is 16.6. The minimum atomic E-state index is -3.65. The molecule has 9 heteroatoms. The number of nitrogens with zero attached hydrogens (tertiary/aromatic N) is 2. The Bertz CT molecular complexity index is 990. The Hall–Kier alpha value is -2.36. The smallest absolute Gasteiger partial charge is 0.264 e. The molecule has 0 spiro atoms. The molecule has 0 bridgehead atoms. The first-order valence-electron chi connectivity index (χ1n) is 7.01. The van der Waals surface area contributed by atoms with Crippen LogP contribution < -0.4 is 10.3 Å². The molecule has 0 radical (unpaired) electrons. The van der Waals surface area contributed by atoms with E-state index < -0.39 is 10.0 Å². The first kappa shape index (κ1) is 16.5. The van der Waals surface area contributed by atoms with Gasteiger partial charge in [0.15, 0.2) is 0 Å². The fraction of sp³-hybridized carbons (Fsp3) is 0.133. The molecule has 0 amide bonds. The minimum absolute atomic E-state index is 0.164. The summed E-state index contributed by atoms with van der Waals surface area (Å²) in [6, 6.07) is 8.02. The second-order valence-electron chi connectivity index (χ2n) is 5.02. The average Bonchev–Trinajstić information content (AvgIpc) is 2.97. The van der Waals surface area contributed by atoms with Gasteiger partial charge in [0.2, 0.25) is 10.0 Å². The Balaban J connectivity index is 1.85. The van der Waals surface area contributed by atoms with Crippen molar-refractivity contribution in [1.29, 1.82) is 0 Å². The second-order valence-corrected chi connectivity index (χ2v) is 8.02. The van der Waals surface area contributed by atoms with E-state index in [1.807, 2.05) is 0 Å². The van der Waals surface area contributed by atoms with Crippen LogP contribution in [0, 0.1) is 6.92 Å². The van der Waals surface area contributed by atoms with E-state index in [4.69, 9.17) is 0 Å². The van der Waals surface area contributed by atoms with Crippen LogP contribution in [0.1, 0.15) is 10.4 Å². The van der Waals surface area contributed by atoms with Crippen molar-refractivity contribution in [1.82, 2.24) is 19.9 Å². The molecule has 3 rings (SSSR count). The molecular formula is C15H14N4O3S2. The largest absolute Gasteiger partial charge is 0.268 e. The molecule has 0 aliphatic carbocycles. The molecule has 0 saturated heterocycles. The Morgan fingerprint density at radius 1 is 1.29 bits per heavy atom. The van der Waals surface area contributed by atoms with E-state index in [9.17, 15) is 13.2 Å². The second kappa shape index (κ2) is 6.63. The van der Waals surface area contributed by atoms with Crippen LogP contribution in [-0.4, -0.2) is 23.6 Å². The number of pyridine rings is 1. The Morgan fingerprint density at radius 2 is 2.12 bits per heavy atom. The molecule has 3 heterocycles. The summed E-state index contributed by atoms with van der Waals surface area (Å²) in [6.45, 7) is 1.90. The van der Waals surface area contributed by atoms with Gasteiger partial charge >= 0.3 is 0 Å². The van der Waals surface area contributed by atoms with Gasteiger partial charge in [0, 0.05) is 29.9 Å². The molecule has 0 aliphatic rings. The molecule has 0 aromatic carbocycles. The highest BCUT2D eigenvalue weighted by atomic mass is 32.2. The lowest BCUT2D eigenvalue weighted by molar-refractivity contribution is 0.581. The maximum atomic E-state index is 12.5. The lowest BCUT2D eigenvalue weighted by Crippen LogP contribution is -2.23. The van der Waals surface area contributed by atoms with E-state index in [2.05, 4.69) is 19.9 Å². The summed E-state index contributed by atoms with van der Waals surface area (Å²) in [5, 5.41) is 6.27. The zero-order valence-corrected chi connectivity index (χ0v) is 14.3. The van der Waals surface area contributed by atoms with E-state index in [0.29, 0.717) is 15.4 Å². The van der Waals surface area contributed by atoms with Gasteiger partial charge in [0.25, 0.3) is 5.56 Å². The topological polar surface area (TPSA) is 105 Å². The number of hydrogen-bond donors (Lipinski definition) is 2. The maximum absolute atomic E-state index is 12.5. The van der Waals surface area contributed by atoms with Gasteiger partial charge in [-0.05, 0) is 30.7 Å². The van der Waals surface area contributed by atoms with E-state index >= 15 is 0 Å². The summed E-state index contributed by atoms with van der Waals surface area (Å²) in [5.74, 6) is 0. The lowest BCUT2D eigenvalue weighted by atomic mass is 10.3. The molecule has 7 nitrogen and oxygen atoms in total. The van der Waals surface area contributed by atoms with Crippen molar-refractivity contribution in [2.45, 2.75) is 18.4 Å². The molecule has 0 saturated carbocycles. The van der Waals surface area contributed by atoms with Crippen LogP contribution >= 0.6 is 11.3 Å². The van der Waals surface area contributed by atoms with Crippen LogP contribution in [0.4, 0.5) is 0 Å². The number of rotatable bonds is 5. The van der Waals surface area contributed by atoms with Crippen LogP contribution in [0.25, 0.3) is 10.6 Å². The summed E-state index contributed by atoms with van der Waals surface area (Å²) >= 11 is 1.31. The van der Waals surface area contributed by atoms with E-state index in [0.717, 1.165) is 5.56 Å². The third-order valence-corrected chi connectivity index (χ3v) is 6.01. The van der Waals surface area contributed by atoms with Gasteiger partial charge in [-0.3, -0.25) is 9.78 Å². The zero-order valence-electron chi connectivity index (χ0n) is 12.7. The SMILES string of the molecule is Cc1sc(-c2ccc(=O)[nH]n2)cc1S(=O)(=O)NCc1cccnc1. The lowest BCUT2D eigenvalue weighted by Gasteiger charge is -2.05. The number of sulfonamides is 1. The van der Waals surface area contributed by atoms with Crippen LogP contribution in [0.3, 0.4) is 0 Å². The van der Waals surface area contributed by atoms with Gasteiger partial charge < -0.3 is 0 Å². The number of nitrogens with one attached hydrogen (secondary N) is 2. The zero-order chi connectivity index (χ0) is 17.2. The van der Waals surface area contributed by atoms with Gasteiger partial charge in [-0.1, -0.05) is 6.07 Å². The predicted octanol–water partition coefficient (Wildman–Crippen LogP) is 1.68. The number of thiophene rings is 1. The molecule has 124 valence electrons. The highest BCUT2D eigenvalue weighted by molar-refractivity contribution is 7.89. The van der Waals surface area contributed by atoms with Crippen LogP contribution in [-0.2, 0) is 16.6 Å². The predicted molar refractivity (Wildman–Crippen MR) is 91.2 cm³/mol. The van der Waals surface area contributed by atoms with Crippen molar-refractivity contribution < 1.29 is 8.42 Å². The van der Waals surface area contributed by atoms with Gasteiger partial charge in [-0.25, -0.2) is 18.2 Å². The third kappa shape index (κ3) is 3.58. The average molecular weight is 362 g/mol. The highest BCUT2D eigenvalue weighted by Gasteiger charge is 2.20. The van der Waals surface area contributed by atoms with Gasteiger partial charge in [0.1, 0.15) is 5.69 Å². The number of H-pyrrole nitrogens is 1. The number of aromatic amines is 1. The summed E-state index contributed by atoms with van der Waals surface area (Å²) < 4.78 is 27.6. The molecule has 2 N–H and O–H groups in total. The molecule has 3 aromatic rings. The molecule has 3 aromatic heterocycles. The first-order chi connectivity index (χ1) is 11.5. The summed E-state index contributed by atoms with van der Waals surface area (Å²) in [7, 11) is -3.65. The van der Waals surface area contributed by atoms with Crippen molar-refractivity contribution >= 4 is 21.4 Å². The van der Waals surface area contributed by atoms with Crippen molar-refractivity contribution in [3.05, 3.63) is 63.5 Å². The monoisotopic (exact) mass is 362 g/mol. The summed E-state index contributed by atoms with van der Waals surface area (Å²) in [5.41, 5.74) is 0.992. The molecule has 0 atom stereocenters. The van der Waals surface area contributed by atoms with Crippen molar-refractivity contribution in [3.63, 3.8) is 0 Å². The summed E-state index contributed by atoms with van der Waals surface area (Å²) in [6.07, 6.45) is 3.24. The normalized spacial score (nSPS) is 11.5.